The van der Waals surface area contributed by atoms with Crippen LogP contribution in [0.5, 0.6) is 5.75 Å². The average Bonchev–Trinajstić information content (AvgIpc) is 3.36. The summed E-state index contributed by atoms with van der Waals surface area (Å²) in [5.74, 6) is 0.0351. The van der Waals surface area contributed by atoms with E-state index in [-0.39, 0.29) is 6.04 Å². The first-order chi connectivity index (χ1) is 16.1. The van der Waals surface area contributed by atoms with Gasteiger partial charge in [0.2, 0.25) is 5.79 Å². The number of aldehydes is 1. The van der Waals surface area contributed by atoms with Gasteiger partial charge >= 0.3 is 0 Å². The molecule has 0 bridgehead atoms. The van der Waals surface area contributed by atoms with Gasteiger partial charge < -0.3 is 30.6 Å². The standard InChI is InChI=1S/C25H30N6O2/c1-29-24-20(11-16(15-32)12-21(24)33-2)28-25(29,30-9-4-6-18(26)14-30)22-13-17-5-3-7-19-23(17)31(22)10-8-27-19/h3,5,7,11-13,15,18,27-28H,4,6,8-10,14,26H2,1-2H3/t18?,25-/m0/s1. The lowest BCUT2D eigenvalue weighted by Crippen LogP contribution is -2.63. The first-order valence-electron chi connectivity index (χ1n) is 11.6. The zero-order valence-corrected chi connectivity index (χ0v) is 19.1. The number of ether oxygens (including phenoxy) is 1. The normalized spacial score (nSPS) is 24.3. The van der Waals surface area contributed by atoms with Crippen molar-refractivity contribution in [1.82, 2.24) is 9.47 Å². The number of hydrogen-bond donors (Lipinski definition) is 3. The van der Waals surface area contributed by atoms with Crippen molar-refractivity contribution in [2.45, 2.75) is 31.2 Å². The Morgan fingerprint density at radius 1 is 1.21 bits per heavy atom. The molecule has 0 aliphatic carbocycles. The Morgan fingerprint density at radius 3 is 2.88 bits per heavy atom. The SMILES string of the molecule is COc1cc(C=O)cc2c1N(C)[C@@](c1cc3cccc4c3n1CCN4)(N1CCCC(N)C1)N2. The van der Waals surface area contributed by atoms with Crippen LogP contribution in [-0.4, -0.2) is 55.6 Å². The van der Waals surface area contributed by atoms with E-state index < -0.39 is 5.79 Å². The van der Waals surface area contributed by atoms with Crippen LogP contribution in [0.2, 0.25) is 0 Å². The van der Waals surface area contributed by atoms with Gasteiger partial charge in [0.1, 0.15) is 17.7 Å². The van der Waals surface area contributed by atoms with Gasteiger partial charge in [0, 0.05) is 50.2 Å². The number of rotatable bonds is 4. The van der Waals surface area contributed by atoms with Gasteiger partial charge in [-0.05, 0) is 37.1 Å². The predicted octanol–water partition coefficient (Wildman–Crippen LogP) is 2.98. The third-order valence-electron chi connectivity index (χ3n) is 7.43. The summed E-state index contributed by atoms with van der Waals surface area (Å²) in [4.78, 5) is 16.4. The number of benzene rings is 2. The molecule has 8 heteroatoms. The van der Waals surface area contributed by atoms with E-state index in [9.17, 15) is 4.79 Å². The summed E-state index contributed by atoms with van der Waals surface area (Å²) in [6.45, 7) is 3.45. The van der Waals surface area contributed by atoms with Crippen molar-refractivity contribution in [3.05, 3.63) is 47.7 Å². The number of fused-ring (bicyclic) bond motifs is 1. The highest BCUT2D eigenvalue weighted by Gasteiger charge is 2.52. The zero-order chi connectivity index (χ0) is 22.7. The van der Waals surface area contributed by atoms with Crippen LogP contribution in [0.3, 0.4) is 0 Å². The fraction of sp³-hybridized carbons (Fsp3) is 0.400. The van der Waals surface area contributed by atoms with Gasteiger partial charge in [-0.2, -0.15) is 0 Å². The Labute approximate surface area is 193 Å². The van der Waals surface area contributed by atoms with Crippen LogP contribution in [0.15, 0.2) is 36.4 Å². The molecule has 1 unspecified atom stereocenters. The highest BCUT2D eigenvalue weighted by molar-refractivity contribution is 5.95. The van der Waals surface area contributed by atoms with E-state index in [4.69, 9.17) is 10.5 Å². The van der Waals surface area contributed by atoms with E-state index in [1.165, 1.54) is 16.6 Å². The van der Waals surface area contributed by atoms with Gasteiger partial charge in [-0.1, -0.05) is 12.1 Å². The lowest BCUT2D eigenvalue weighted by molar-refractivity contribution is 0.0760. The van der Waals surface area contributed by atoms with Crippen molar-refractivity contribution in [1.29, 1.82) is 0 Å². The molecule has 0 radical (unpaired) electrons. The molecule has 33 heavy (non-hydrogen) atoms. The second-order valence-electron chi connectivity index (χ2n) is 9.29. The van der Waals surface area contributed by atoms with Crippen molar-refractivity contribution in [3.63, 3.8) is 0 Å². The first-order valence-corrected chi connectivity index (χ1v) is 11.6. The molecule has 1 aromatic heterocycles. The molecular formula is C25H30N6O2. The number of nitrogens with zero attached hydrogens (tertiary/aromatic N) is 3. The van der Waals surface area contributed by atoms with Crippen LogP contribution < -0.4 is 26.0 Å². The van der Waals surface area contributed by atoms with Crippen molar-refractivity contribution >= 4 is 34.3 Å². The summed E-state index contributed by atoms with van der Waals surface area (Å²) in [5.41, 5.74) is 12.5. The Bertz CT molecular complexity index is 1250. The maximum atomic E-state index is 11.7. The monoisotopic (exact) mass is 446 g/mol. The third-order valence-corrected chi connectivity index (χ3v) is 7.43. The molecule has 172 valence electrons. The molecule has 1 fully saturated rings. The van der Waals surface area contributed by atoms with E-state index in [0.29, 0.717) is 11.3 Å². The molecule has 1 saturated heterocycles. The second-order valence-corrected chi connectivity index (χ2v) is 9.29. The Morgan fingerprint density at radius 2 is 2.09 bits per heavy atom. The van der Waals surface area contributed by atoms with Crippen molar-refractivity contribution in [2.24, 2.45) is 5.73 Å². The van der Waals surface area contributed by atoms with E-state index in [0.717, 1.165) is 62.4 Å². The van der Waals surface area contributed by atoms with Crippen LogP contribution in [0.1, 0.15) is 28.9 Å². The molecule has 0 amide bonds. The summed E-state index contributed by atoms with van der Waals surface area (Å²) in [6.07, 6.45) is 2.94. The van der Waals surface area contributed by atoms with Crippen molar-refractivity contribution in [2.75, 3.05) is 49.3 Å². The van der Waals surface area contributed by atoms with Gasteiger partial charge in [0.25, 0.3) is 0 Å². The summed E-state index contributed by atoms with van der Waals surface area (Å²) < 4.78 is 8.19. The molecule has 6 rings (SSSR count). The van der Waals surface area contributed by atoms with Crippen LogP contribution in [-0.2, 0) is 12.3 Å². The molecule has 0 saturated carbocycles. The summed E-state index contributed by atoms with van der Waals surface area (Å²) in [7, 11) is 3.76. The Balaban J connectivity index is 1.61. The number of carbonyl (C=O) groups is 1. The number of aromatic nitrogens is 1. The van der Waals surface area contributed by atoms with Gasteiger partial charge in [0.15, 0.2) is 0 Å². The predicted molar refractivity (Wildman–Crippen MR) is 131 cm³/mol. The minimum absolute atomic E-state index is 0.116. The third kappa shape index (κ3) is 2.80. The highest BCUT2D eigenvalue weighted by Crippen LogP contribution is 2.52. The topological polar surface area (TPSA) is 87.8 Å². The van der Waals surface area contributed by atoms with Gasteiger partial charge in [-0.25, -0.2) is 0 Å². The van der Waals surface area contributed by atoms with Gasteiger partial charge in [-0.3, -0.25) is 9.69 Å². The highest BCUT2D eigenvalue weighted by atomic mass is 16.5. The molecular weight excluding hydrogens is 416 g/mol. The number of piperidine rings is 1. The lowest BCUT2D eigenvalue weighted by Gasteiger charge is -2.49. The number of likely N-dealkylation sites (tertiary alicyclic amines) is 1. The average molecular weight is 447 g/mol. The van der Waals surface area contributed by atoms with Crippen LogP contribution >= 0.6 is 0 Å². The fourth-order valence-electron chi connectivity index (χ4n) is 6.01. The maximum Gasteiger partial charge on any atom is 0.212 e. The van der Waals surface area contributed by atoms with Gasteiger partial charge in [0.05, 0.1) is 29.7 Å². The van der Waals surface area contributed by atoms with E-state index >= 15 is 0 Å². The molecule has 3 aliphatic rings. The number of anilines is 3. The lowest BCUT2D eigenvalue weighted by atomic mass is 10.0. The molecule has 3 aromatic rings. The Hall–Kier alpha value is -3.23. The number of nitrogens with one attached hydrogen (secondary N) is 2. The smallest absolute Gasteiger partial charge is 0.212 e. The van der Waals surface area contributed by atoms with Crippen LogP contribution in [0.25, 0.3) is 10.9 Å². The zero-order valence-electron chi connectivity index (χ0n) is 19.1. The van der Waals surface area contributed by atoms with Crippen molar-refractivity contribution < 1.29 is 9.53 Å². The second kappa shape index (κ2) is 7.40. The minimum Gasteiger partial charge on any atom is -0.494 e. The minimum atomic E-state index is -0.650. The van der Waals surface area contributed by atoms with Crippen molar-refractivity contribution in [3.8, 4) is 5.75 Å². The number of para-hydroxylation sites is 1. The first kappa shape index (κ1) is 20.4. The fourth-order valence-corrected chi connectivity index (χ4v) is 6.01. The molecule has 8 nitrogen and oxygen atoms in total. The summed E-state index contributed by atoms with van der Waals surface area (Å²) in [6, 6.07) is 12.6. The van der Waals surface area contributed by atoms with E-state index in [1.807, 2.05) is 12.1 Å². The van der Waals surface area contributed by atoms with Crippen LogP contribution in [0, 0.1) is 0 Å². The number of carbonyl (C=O) groups excluding carboxylic acids is 1. The molecule has 2 atom stereocenters. The summed E-state index contributed by atoms with van der Waals surface area (Å²) in [5, 5.41) is 8.60. The van der Waals surface area contributed by atoms with Crippen LogP contribution in [0.4, 0.5) is 17.1 Å². The molecule has 4 heterocycles. The molecule has 4 N–H and O–H groups in total. The maximum absolute atomic E-state index is 11.7. The quantitative estimate of drug-likeness (QED) is 0.531. The van der Waals surface area contributed by atoms with E-state index in [2.05, 4.69) is 56.3 Å². The molecule has 3 aliphatic heterocycles. The number of hydrogen-bond acceptors (Lipinski definition) is 7. The number of nitrogens with two attached hydrogens (primary N) is 1. The molecule has 2 aromatic carbocycles. The van der Waals surface area contributed by atoms with E-state index in [1.54, 1.807) is 7.11 Å². The Kier molecular flexibility index (Phi) is 4.57. The molecule has 0 spiro atoms. The summed E-state index contributed by atoms with van der Waals surface area (Å²) >= 11 is 0. The largest absolute Gasteiger partial charge is 0.494 e. The number of methoxy groups -OCH3 is 1. The van der Waals surface area contributed by atoms with Gasteiger partial charge in [-0.15, -0.1) is 0 Å².